The monoisotopic (exact) mass is 434 g/mol. The van der Waals surface area contributed by atoms with Crippen LogP contribution in [-0.4, -0.2) is 42.9 Å². The van der Waals surface area contributed by atoms with Gasteiger partial charge >= 0.3 is 0 Å². The summed E-state index contributed by atoms with van der Waals surface area (Å²) in [6, 6.07) is 7.84. The number of piperidine rings is 1. The lowest BCUT2D eigenvalue weighted by molar-refractivity contribution is 0.575. The molecule has 0 atom stereocenters. The number of nitrogens with two attached hydrogens (primary N) is 1. The Labute approximate surface area is 187 Å². The van der Waals surface area contributed by atoms with E-state index >= 15 is 0 Å². The van der Waals surface area contributed by atoms with E-state index < -0.39 is 0 Å². The highest BCUT2D eigenvalue weighted by atomic mass is 32.1. The predicted molar refractivity (Wildman–Crippen MR) is 134 cm³/mol. The maximum Gasteiger partial charge on any atom is 0.162 e. The summed E-state index contributed by atoms with van der Waals surface area (Å²) >= 11 is 1.76. The molecule has 1 fully saturated rings. The Morgan fingerprint density at radius 1 is 1.26 bits per heavy atom. The number of hydrogen-bond donors (Lipinski definition) is 2. The first-order valence-corrected chi connectivity index (χ1v) is 11.7. The molecule has 3 N–H and O–H groups in total. The number of rotatable bonds is 8. The second-order valence-corrected chi connectivity index (χ2v) is 9.05. The van der Waals surface area contributed by atoms with E-state index in [2.05, 4.69) is 29.5 Å². The molecular formula is C24H30N6S. The van der Waals surface area contributed by atoms with Crippen molar-refractivity contribution in [2.24, 2.45) is 0 Å². The van der Waals surface area contributed by atoms with Gasteiger partial charge in [-0.25, -0.2) is 9.97 Å². The molecule has 2 aromatic heterocycles. The van der Waals surface area contributed by atoms with Crippen LogP contribution in [0.4, 0.5) is 16.5 Å². The van der Waals surface area contributed by atoms with Crippen molar-refractivity contribution >= 4 is 44.3 Å². The van der Waals surface area contributed by atoms with Gasteiger partial charge in [-0.2, -0.15) is 0 Å². The first kappa shape index (κ1) is 21.3. The number of thiophene rings is 1. The predicted octanol–water partition coefficient (Wildman–Crippen LogP) is 5.33. The summed E-state index contributed by atoms with van der Waals surface area (Å²) in [5, 5.41) is 9.04. The number of nitrogens with one attached hydrogen (secondary N) is 1. The third-order valence-electron chi connectivity index (χ3n) is 5.80. The maximum atomic E-state index is 7.85. The van der Waals surface area contributed by atoms with Crippen LogP contribution < -0.4 is 15.5 Å². The van der Waals surface area contributed by atoms with Gasteiger partial charge in [-0.3, -0.25) is 0 Å². The zero-order valence-electron chi connectivity index (χ0n) is 18.1. The lowest BCUT2D eigenvalue weighted by Crippen LogP contribution is -2.30. The first-order chi connectivity index (χ1) is 15.1. The molecule has 0 aliphatic carbocycles. The normalized spacial score (nSPS) is 14.0. The van der Waals surface area contributed by atoms with Crippen LogP contribution in [0.25, 0.3) is 21.6 Å². The fourth-order valence-corrected chi connectivity index (χ4v) is 5.15. The zero-order chi connectivity index (χ0) is 21.8. The first-order valence-electron chi connectivity index (χ1n) is 10.9. The highest BCUT2D eigenvalue weighted by Crippen LogP contribution is 2.39. The lowest BCUT2D eigenvalue weighted by Gasteiger charge is -2.28. The van der Waals surface area contributed by atoms with E-state index in [1.165, 1.54) is 30.5 Å². The average molecular weight is 435 g/mol. The van der Waals surface area contributed by atoms with Gasteiger partial charge in [-0.05, 0) is 44.2 Å². The number of aromatic nitrogens is 2. The van der Waals surface area contributed by atoms with Crippen molar-refractivity contribution in [3.05, 3.63) is 42.5 Å². The van der Waals surface area contributed by atoms with Crippen LogP contribution in [0.1, 0.15) is 37.7 Å². The molecule has 1 aliphatic heterocycles. The fourth-order valence-electron chi connectivity index (χ4n) is 4.05. The van der Waals surface area contributed by atoms with Crippen molar-refractivity contribution in [3.8, 4) is 11.4 Å². The Balaban J connectivity index is 1.82. The molecule has 3 aromatic rings. The third-order valence-corrected chi connectivity index (χ3v) is 7.03. The molecule has 31 heavy (non-hydrogen) atoms. The number of nitrogen functional groups attached to an aromatic ring is 1. The number of allylic oxidation sites excluding steroid dienone is 1. The molecule has 0 bridgehead atoms. The smallest absolute Gasteiger partial charge is 0.162 e. The van der Waals surface area contributed by atoms with Gasteiger partial charge in [0.05, 0.1) is 15.2 Å². The summed E-state index contributed by atoms with van der Waals surface area (Å²) in [5.41, 5.74) is 9.14. The summed E-state index contributed by atoms with van der Waals surface area (Å²) in [5.74, 6) is 1.64. The van der Waals surface area contributed by atoms with Gasteiger partial charge in [0.25, 0.3) is 0 Å². The van der Waals surface area contributed by atoms with Crippen LogP contribution in [0, 0.1) is 5.41 Å². The Morgan fingerprint density at radius 3 is 2.81 bits per heavy atom. The largest absolute Gasteiger partial charge is 0.398 e. The number of unbranched alkanes of at least 4 members (excludes halogenated alkanes) is 1. The van der Waals surface area contributed by atoms with Gasteiger partial charge in [0.2, 0.25) is 0 Å². The molecule has 162 valence electrons. The zero-order valence-corrected chi connectivity index (χ0v) is 18.9. The minimum Gasteiger partial charge on any atom is -0.398 e. The Morgan fingerprint density at radius 2 is 2.06 bits per heavy atom. The fraction of sp³-hybridized carbons (Fsp3) is 0.375. The number of anilines is 3. The van der Waals surface area contributed by atoms with Crippen molar-refractivity contribution in [3.63, 3.8) is 0 Å². The lowest BCUT2D eigenvalue weighted by atomic mass is 10.1. The molecule has 7 heteroatoms. The van der Waals surface area contributed by atoms with Crippen molar-refractivity contribution in [2.45, 2.75) is 32.1 Å². The summed E-state index contributed by atoms with van der Waals surface area (Å²) < 4.78 is 1.14. The van der Waals surface area contributed by atoms with Gasteiger partial charge in [0, 0.05) is 49.7 Å². The molecule has 0 amide bonds. The molecule has 3 heterocycles. The van der Waals surface area contributed by atoms with Crippen LogP contribution in [0.3, 0.4) is 0 Å². The van der Waals surface area contributed by atoms with E-state index in [-0.39, 0.29) is 0 Å². The van der Waals surface area contributed by atoms with Crippen molar-refractivity contribution in [1.29, 1.82) is 5.41 Å². The van der Waals surface area contributed by atoms with E-state index in [1.807, 2.05) is 24.3 Å². The Bertz CT molecular complexity index is 1080. The van der Waals surface area contributed by atoms with Gasteiger partial charge in [-0.15, -0.1) is 17.9 Å². The summed E-state index contributed by atoms with van der Waals surface area (Å²) in [4.78, 5) is 14.6. The average Bonchev–Trinajstić information content (AvgIpc) is 3.23. The van der Waals surface area contributed by atoms with Gasteiger partial charge in [-0.1, -0.05) is 18.2 Å². The minimum atomic E-state index is 0.573. The number of fused-ring (bicyclic) bond motifs is 1. The standard InChI is InChI=1S/C24H30N6S/c1-3-4-6-12-29(2)21-15-20-22(31-21)24(30-13-7-5-8-14-30)28-23(27-20)17-10-9-11-19(26)18(17)16-25/h3,9-11,15-16,25H,1,4-8,12-14,26H2,2H3. The molecule has 0 radical (unpaired) electrons. The Hall–Kier alpha value is -2.93. The van der Waals surface area contributed by atoms with Crippen molar-refractivity contribution in [1.82, 2.24) is 9.97 Å². The third kappa shape index (κ3) is 4.42. The molecule has 0 spiro atoms. The van der Waals surface area contributed by atoms with E-state index in [4.69, 9.17) is 21.1 Å². The summed E-state index contributed by atoms with van der Waals surface area (Å²) in [6.45, 7) is 6.83. The minimum absolute atomic E-state index is 0.573. The Kier molecular flexibility index (Phi) is 6.51. The van der Waals surface area contributed by atoms with Gasteiger partial charge in [0.1, 0.15) is 0 Å². The van der Waals surface area contributed by atoms with Crippen molar-refractivity contribution in [2.75, 3.05) is 42.2 Å². The molecule has 0 unspecified atom stereocenters. The van der Waals surface area contributed by atoms with Crippen molar-refractivity contribution < 1.29 is 0 Å². The highest BCUT2D eigenvalue weighted by Gasteiger charge is 2.21. The number of benzene rings is 1. The summed E-state index contributed by atoms with van der Waals surface area (Å²) in [6.07, 6.45) is 9.00. The molecule has 1 aliphatic rings. The topological polar surface area (TPSA) is 82.1 Å². The van der Waals surface area contributed by atoms with Crippen LogP contribution in [0.5, 0.6) is 0 Å². The quantitative estimate of drug-likeness (QED) is 0.217. The van der Waals surface area contributed by atoms with Gasteiger partial charge in [0.15, 0.2) is 11.6 Å². The number of hydrogen-bond acceptors (Lipinski definition) is 7. The molecular weight excluding hydrogens is 404 g/mol. The van der Waals surface area contributed by atoms with E-state index in [0.29, 0.717) is 17.1 Å². The van der Waals surface area contributed by atoms with Crippen LogP contribution in [-0.2, 0) is 0 Å². The second kappa shape index (κ2) is 9.47. The van der Waals surface area contributed by atoms with Crippen LogP contribution >= 0.6 is 11.3 Å². The molecule has 6 nitrogen and oxygen atoms in total. The van der Waals surface area contributed by atoms with Crippen LogP contribution in [0.15, 0.2) is 36.9 Å². The van der Waals surface area contributed by atoms with E-state index in [9.17, 15) is 0 Å². The highest BCUT2D eigenvalue weighted by molar-refractivity contribution is 7.23. The molecule has 1 saturated heterocycles. The maximum absolute atomic E-state index is 7.85. The number of nitrogens with zero attached hydrogens (tertiary/aromatic N) is 4. The SMILES string of the molecule is C=CCCCN(C)c1cc2nc(-c3cccc(N)c3C=N)nc(N3CCCCC3)c2s1. The van der Waals surface area contributed by atoms with E-state index in [1.54, 1.807) is 11.3 Å². The summed E-state index contributed by atoms with van der Waals surface area (Å²) in [7, 11) is 2.13. The molecule has 4 rings (SSSR count). The molecule has 0 saturated carbocycles. The van der Waals surface area contributed by atoms with Crippen LogP contribution in [0.2, 0.25) is 0 Å². The second-order valence-electron chi connectivity index (χ2n) is 8.02. The van der Waals surface area contributed by atoms with Gasteiger partial charge < -0.3 is 20.9 Å². The molecule has 1 aromatic carbocycles. The van der Waals surface area contributed by atoms with E-state index in [0.717, 1.165) is 54.1 Å².